The van der Waals surface area contributed by atoms with Gasteiger partial charge in [-0.15, -0.1) is 0 Å². The van der Waals surface area contributed by atoms with Crippen molar-refractivity contribution in [2.24, 2.45) is 0 Å². The number of nitrogens with zero attached hydrogens (tertiary/aromatic N) is 1. The highest BCUT2D eigenvalue weighted by molar-refractivity contribution is 6.42. The SMILES string of the molecule is [B]c1c(C(=O)NCc2ccc(Cl)c(Oc3cc(Cl)cc(C#N)c3)c2F)[nH]c2ccccc12. The highest BCUT2D eigenvalue weighted by Crippen LogP contribution is 2.35. The first-order chi connectivity index (χ1) is 15.4. The van der Waals surface area contributed by atoms with Crippen LogP contribution in [0.15, 0.2) is 54.6 Å². The van der Waals surface area contributed by atoms with Gasteiger partial charge in [0.15, 0.2) is 11.6 Å². The van der Waals surface area contributed by atoms with Gasteiger partial charge in [-0.2, -0.15) is 5.26 Å². The van der Waals surface area contributed by atoms with Crippen molar-refractivity contribution in [2.45, 2.75) is 6.54 Å². The number of fused-ring (bicyclic) bond motifs is 1. The minimum absolute atomic E-state index is 0.0240. The second kappa shape index (κ2) is 8.95. The smallest absolute Gasteiger partial charge is 0.267 e. The number of carbonyl (C=O) groups is 1. The van der Waals surface area contributed by atoms with Crippen LogP contribution in [-0.4, -0.2) is 18.7 Å². The molecule has 0 saturated carbocycles. The van der Waals surface area contributed by atoms with E-state index < -0.39 is 11.7 Å². The number of rotatable bonds is 5. The number of nitrogens with one attached hydrogen (secondary N) is 2. The Labute approximate surface area is 194 Å². The second-order valence-corrected chi connectivity index (χ2v) is 7.72. The van der Waals surface area contributed by atoms with E-state index in [1.165, 1.54) is 30.3 Å². The lowest BCUT2D eigenvalue weighted by atomic mass is 9.92. The minimum Gasteiger partial charge on any atom is -0.453 e. The Morgan fingerprint density at radius 2 is 1.97 bits per heavy atom. The molecule has 0 aliphatic carbocycles. The van der Waals surface area contributed by atoms with Crippen LogP contribution in [-0.2, 0) is 6.54 Å². The van der Waals surface area contributed by atoms with E-state index in [4.69, 9.17) is 41.0 Å². The zero-order valence-corrected chi connectivity index (χ0v) is 17.9. The molecule has 2 N–H and O–H groups in total. The molecule has 0 unspecified atom stereocenters. The Balaban J connectivity index is 1.56. The van der Waals surface area contributed by atoms with E-state index in [0.717, 1.165) is 10.9 Å². The van der Waals surface area contributed by atoms with Gasteiger partial charge in [0.25, 0.3) is 5.91 Å². The van der Waals surface area contributed by atoms with E-state index in [2.05, 4.69) is 10.3 Å². The molecule has 0 atom stereocenters. The van der Waals surface area contributed by atoms with Crippen LogP contribution in [0.5, 0.6) is 11.5 Å². The first-order valence-corrected chi connectivity index (χ1v) is 10.1. The number of benzene rings is 3. The van der Waals surface area contributed by atoms with E-state index in [1.54, 1.807) is 12.1 Å². The van der Waals surface area contributed by atoms with Crippen LogP contribution in [0.2, 0.25) is 10.0 Å². The fourth-order valence-corrected chi connectivity index (χ4v) is 3.62. The van der Waals surface area contributed by atoms with E-state index >= 15 is 4.39 Å². The van der Waals surface area contributed by atoms with E-state index in [-0.39, 0.29) is 44.9 Å². The lowest BCUT2D eigenvalue weighted by Crippen LogP contribution is -2.28. The molecule has 0 aliphatic heterocycles. The van der Waals surface area contributed by atoms with Crippen LogP contribution < -0.4 is 15.5 Å². The number of amides is 1. The third-order valence-corrected chi connectivity index (χ3v) is 5.28. The predicted molar refractivity (Wildman–Crippen MR) is 123 cm³/mol. The molecule has 2 radical (unpaired) electrons. The molecular formula is C23H13BCl2FN3O2. The predicted octanol–water partition coefficient (Wildman–Crippen LogP) is 5.00. The molecule has 0 saturated heterocycles. The molecule has 9 heteroatoms. The maximum absolute atomic E-state index is 15.1. The summed E-state index contributed by atoms with van der Waals surface area (Å²) in [5.74, 6) is -1.32. The van der Waals surface area contributed by atoms with Crippen molar-refractivity contribution in [3.63, 3.8) is 0 Å². The Morgan fingerprint density at radius 3 is 2.72 bits per heavy atom. The van der Waals surface area contributed by atoms with Crippen LogP contribution in [0.4, 0.5) is 4.39 Å². The number of nitriles is 1. The van der Waals surface area contributed by atoms with E-state index in [9.17, 15) is 4.79 Å². The summed E-state index contributed by atoms with van der Waals surface area (Å²) in [5.41, 5.74) is 1.63. The van der Waals surface area contributed by atoms with Gasteiger partial charge in [-0.25, -0.2) is 4.39 Å². The lowest BCUT2D eigenvalue weighted by Gasteiger charge is -2.13. The number of ether oxygens (including phenoxy) is 1. The van der Waals surface area contributed by atoms with Crippen molar-refractivity contribution < 1.29 is 13.9 Å². The molecule has 0 fully saturated rings. The summed E-state index contributed by atoms with van der Waals surface area (Å²) < 4.78 is 20.7. The van der Waals surface area contributed by atoms with Gasteiger partial charge in [-0.05, 0) is 35.7 Å². The monoisotopic (exact) mass is 463 g/mol. The highest BCUT2D eigenvalue weighted by Gasteiger charge is 2.18. The summed E-state index contributed by atoms with van der Waals surface area (Å²) >= 11 is 12.1. The van der Waals surface area contributed by atoms with Crippen LogP contribution in [0.1, 0.15) is 21.6 Å². The number of aromatic nitrogens is 1. The summed E-state index contributed by atoms with van der Waals surface area (Å²) in [4.78, 5) is 15.6. The van der Waals surface area contributed by atoms with Crippen LogP contribution >= 0.6 is 23.2 Å². The lowest BCUT2D eigenvalue weighted by molar-refractivity contribution is 0.0947. The molecule has 3 aromatic carbocycles. The van der Waals surface area contributed by atoms with Crippen molar-refractivity contribution in [1.29, 1.82) is 5.26 Å². The molecule has 1 heterocycles. The quantitative estimate of drug-likeness (QED) is 0.409. The molecule has 1 amide bonds. The van der Waals surface area contributed by atoms with Gasteiger partial charge < -0.3 is 15.0 Å². The van der Waals surface area contributed by atoms with Crippen molar-refractivity contribution in [3.05, 3.63) is 87.3 Å². The summed E-state index contributed by atoms with van der Waals surface area (Å²) in [6.45, 7) is -0.133. The fraction of sp³-hybridized carbons (Fsp3) is 0.0435. The number of hydrogen-bond acceptors (Lipinski definition) is 3. The van der Waals surface area contributed by atoms with Crippen LogP contribution in [0.25, 0.3) is 10.9 Å². The van der Waals surface area contributed by atoms with E-state index in [1.807, 2.05) is 18.2 Å². The van der Waals surface area contributed by atoms with Crippen molar-refractivity contribution >= 4 is 53.3 Å². The zero-order chi connectivity index (χ0) is 22.8. The van der Waals surface area contributed by atoms with Crippen LogP contribution in [0.3, 0.4) is 0 Å². The number of para-hydroxylation sites is 1. The number of H-pyrrole nitrogens is 1. The molecule has 0 bridgehead atoms. The van der Waals surface area contributed by atoms with Gasteiger partial charge >= 0.3 is 0 Å². The van der Waals surface area contributed by atoms with Crippen molar-refractivity contribution in [2.75, 3.05) is 0 Å². The maximum atomic E-state index is 15.1. The molecule has 1 aromatic heterocycles. The van der Waals surface area contributed by atoms with Gasteiger partial charge in [0.05, 0.1) is 22.3 Å². The number of halogens is 3. The summed E-state index contributed by atoms with van der Waals surface area (Å²) in [7, 11) is 6.07. The third kappa shape index (κ3) is 4.29. The average molecular weight is 464 g/mol. The van der Waals surface area contributed by atoms with Crippen molar-refractivity contribution in [3.8, 4) is 17.6 Å². The first-order valence-electron chi connectivity index (χ1n) is 9.37. The zero-order valence-electron chi connectivity index (χ0n) is 16.4. The normalized spacial score (nSPS) is 10.7. The summed E-state index contributed by atoms with van der Waals surface area (Å²) in [5, 5.41) is 12.7. The third-order valence-electron chi connectivity index (χ3n) is 4.76. The molecule has 0 aliphatic rings. The largest absolute Gasteiger partial charge is 0.453 e. The molecular weight excluding hydrogens is 451 g/mol. The average Bonchev–Trinajstić information content (AvgIpc) is 3.12. The topological polar surface area (TPSA) is 77.9 Å². The van der Waals surface area contributed by atoms with Gasteiger partial charge in [0.2, 0.25) is 0 Å². The Kier molecular flexibility index (Phi) is 6.09. The van der Waals surface area contributed by atoms with Gasteiger partial charge in [0.1, 0.15) is 13.6 Å². The molecule has 0 spiro atoms. The van der Waals surface area contributed by atoms with Gasteiger partial charge in [-0.3, -0.25) is 4.79 Å². The number of carbonyl (C=O) groups excluding carboxylic acids is 1. The molecule has 156 valence electrons. The first kappa shape index (κ1) is 21.8. The highest BCUT2D eigenvalue weighted by atomic mass is 35.5. The fourth-order valence-electron chi connectivity index (χ4n) is 3.21. The molecule has 4 rings (SSSR count). The van der Waals surface area contributed by atoms with Gasteiger partial charge in [-0.1, -0.05) is 52.9 Å². The van der Waals surface area contributed by atoms with Gasteiger partial charge in [0, 0.05) is 22.6 Å². The van der Waals surface area contributed by atoms with E-state index in [0.29, 0.717) is 5.46 Å². The number of aromatic amines is 1. The molecule has 4 aromatic rings. The maximum Gasteiger partial charge on any atom is 0.267 e. The minimum atomic E-state index is -0.749. The Hall–Kier alpha value is -3.47. The number of hydrogen-bond donors (Lipinski definition) is 2. The Morgan fingerprint density at radius 1 is 1.19 bits per heavy atom. The van der Waals surface area contributed by atoms with Crippen LogP contribution in [0, 0.1) is 17.1 Å². The molecule has 32 heavy (non-hydrogen) atoms. The summed E-state index contributed by atoms with van der Waals surface area (Å²) in [6.07, 6.45) is 0. The standard InChI is InChI=1S/C23H13BCl2FN3O2/c24-19-16-3-1-2-4-18(16)30-21(19)23(31)29-11-13-5-6-17(26)22(20(13)27)32-15-8-12(10-28)7-14(25)9-15/h1-9,30H,11H2,(H,29,31). The van der Waals surface area contributed by atoms with Crippen molar-refractivity contribution in [1.82, 2.24) is 10.3 Å². The Bertz CT molecular complexity index is 1400. The summed E-state index contributed by atoms with van der Waals surface area (Å²) in [6, 6.07) is 16.4. The second-order valence-electron chi connectivity index (χ2n) is 6.88. The molecule has 5 nitrogen and oxygen atoms in total.